The second-order valence-corrected chi connectivity index (χ2v) is 6.13. The average molecular weight is 312 g/mol. The zero-order chi connectivity index (χ0) is 14.1. The van der Waals surface area contributed by atoms with Gasteiger partial charge in [-0.3, -0.25) is 14.2 Å². The number of benzene rings is 1. The van der Waals surface area contributed by atoms with Gasteiger partial charge in [0.15, 0.2) is 0 Å². The van der Waals surface area contributed by atoms with E-state index in [1.165, 1.54) is 4.57 Å². The highest BCUT2D eigenvalue weighted by Crippen LogP contribution is 2.21. The van der Waals surface area contributed by atoms with Crippen molar-refractivity contribution in [3.63, 3.8) is 0 Å². The summed E-state index contributed by atoms with van der Waals surface area (Å²) in [7, 11) is 0. The fourth-order valence-electron chi connectivity index (χ4n) is 2.34. The molecule has 0 spiro atoms. The molecule has 0 unspecified atom stereocenters. The Morgan fingerprint density at radius 1 is 1.35 bits per heavy atom. The molecule has 1 amide bonds. The van der Waals surface area contributed by atoms with Gasteiger partial charge in [-0.15, -0.1) is 0 Å². The number of amides is 1. The van der Waals surface area contributed by atoms with Crippen LogP contribution >= 0.6 is 22.9 Å². The lowest BCUT2D eigenvalue weighted by atomic mass is 10.3. The quantitative estimate of drug-likeness (QED) is 0.905. The van der Waals surface area contributed by atoms with Gasteiger partial charge in [-0.25, -0.2) is 0 Å². The number of fused-ring (bicyclic) bond motifs is 1. The van der Waals surface area contributed by atoms with Gasteiger partial charge >= 0.3 is 4.87 Å². The Kier molecular flexibility index (Phi) is 3.78. The van der Waals surface area contributed by atoms with Gasteiger partial charge in [0.25, 0.3) is 0 Å². The second kappa shape index (κ2) is 5.55. The van der Waals surface area contributed by atoms with E-state index in [4.69, 9.17) is 11.6 Å². The molecule has 1 N–H and O–H groups in total. The van der Waals surface area contributed by atoms with E-state index in [0.29, 0.717) is 18.1 Å². The molecule has 7 heteroatoms. The van der Waals surface area contributed by atoms with Gasteiger partial charge in [0.05, 0.1) is 10.2 Å². The van der Waals surface area contributed by atoms with Crippen LogP contribution in [0.1, 0.15) is 0 Å². The normalized spacial score (nSPS) is 15.8. The summed E-state index contributed by atoms with van der Waals surface area (Å²) in [5.41, 5.74) is 0.771. The molecule has 1 fully saturated rings. The molecule has 106 valence electrons. The number of piperazine rings is 1. The van der Waals surface area contributed by atoms with E-state index in [0.717, 1.165) is 34.6 Å². The van der Waals surface area contributed by atoms with Gasteiger partial charge in [0.2, 0.25) is 5.91 Å². The molecule has 0 aliphatic carbocycles. The number of carbonyl (C=O) groups excluding carboxylic acids is 1. The Balaban J connectivity index is 1.88. The smallest absolute Gasteiger partial charge is 0.308 e. The van der Waals surface area contributed by atoms with Crippen molar-refractivity contribution in [2.75, 3.05) is 26.2 Å². The van der Waals surface area contributed by atoms with Gasteiger partial charge in [-0.05, 0) is 18.2 Å². The number of hydrogen-bond donors (Lipinski definition) is 1. The fraction of sp³-hybridized carbons (Fsp3) is 0.385. The van der Waals surface area contributed by atoms with Gasteiger partial charge in [0.1, 0.15) is 6.54 Å². The fourth-order valence-corrected chi connectivity index (χ4v) is 3.51. The first-order valence-corrected chi connectivity index (χ1v) is 7.62. The molecule has 1 aromatic heterocycles. The molecular formula is C13H14ClN3O2S. The summed E-state index contributed by atoms with van der Waals surface area (Å²) in [6.45, 7) is 3.10. The predicted octanol–water partition coefficient (Wildman–Crippen LogP) is 1.15. The summed E-state index contributed by atoms with van der Waals surface area (Å²) in [4.78, 5) is 25.9. The second-order valence-electron chi connectivity index (χ2n) is 4.70. The molecule has 5 nitrogen and oxygen atoms in total. The largest absolute Gasteiger partial charge is 0.339 e. The van der Waals surface area contributed by atoms with Crippen LogP contribution < -0.4 is 10.2 Å². The minimum Gasteiger partial charge on any atom is -0.339 e. The van der Waals surface area contributed by atoms with E-state index < -0.39 is 0 Å². The minimum atomic E-state index is -0.120. The van der Waals surface area contributed by atoms with E-state index in [2.05, 4.69) is 5.32 Å². The van der Waals surface area contributed by atoms with Crippen LogP contribution in [0.25, 0.3) is 10.2 Å². The summed E-state index contributed by atoms with van der Waals surface area (Å²) < 4.78 is 2.34. The van der Waals surface area contributed by atoms with Gasteiger partial charge < -0.3 is 10.2 Å². The maximum atomic E-state index is 12.2. The Morgan fingerprint density at radius 3 is 2.85 bits per heavy atom. The summed E-state index contributed by atoms with van der Waals surface area (Å²) in [5, 5.41) is 3.80. The lowest BCUT2D eigenvalue weighted by molar-refractivity contribution is -0.132. The third-order valence-corrected chi connectivity index (χ3v) is 4.57. The van der Waals surface area contributed by atoms with Crippen LogP contribution in [0.3, 0.4) is 0 Å². The lowest BCUT2D eigenvalue weighted by Crippen LogP contribution is -2.47. The SMILES string of the molecule is O=C(Cn1c(=O)sc2cc(Cl)ccc21)N1CCNCC1. The molecule has 1 aliphatic heterocycles. The topological polar surface area (TPSA) is 54.3 Å². The number of nitrogens with one attached hydrogen (secondary N) is 1. The van der Waals surface area contributed by atoms with Crippen molar-refractivity contribution in [2.45, 2.75) is 6.54 Å². The molecule has 1 aliphatic rings. The molecule has 2 heterocycles. The van der Waals surface area contributed by atoms with E-state index >= 15 is 0 Å². The molecule has 3 rings (SSSR count). The third-order valence-electron chi connectivity index (χ3n) is 3.39. The monoisotopic (exact) mass is 311 g/mol. The van der Waals surface area contributed by atoms with E-state index in [-0.39, 0.29) is 17.3 Å². The van der Waals surface area contributed by atoms with Crippen molar-refractivity contribution in [3.8, 4) is 0 Å². The van der Waals surface area contributed by atoms with Crippen molar-refractivity contribution in [3.05, 3.63) is 32.9 Å². The van der Waals surface area contributed by atoms with Crippen LogP contribution in [0, 0.1) is 0 Å². The molecule has 1 aromatic carbocycles. The molecule has 2 aromatic rings. The van der Waals surface area contributed by atoms with Gasteiger partial charge in [-0.2, -0.15) is 0 Å². The van der Waals surface area contributed by atoms with Gasteiger partial charge in [0, 0.05) is 31.2 Å². The van der Waals surface area contributed by atoms with Crippen molar-refractivity contribution >= 4 is 39.1 Å². The average Bonchev–Trinajstić information content (AvgIpc) is 2.75. The summed E-state index contributed by atoms with van der Waals surface area (Å²) in [6.07, 6.45) is 0. The number of halogens is 1. The Hall–Kier alpha value is -1.37. The maximum Gasteiger partial charge on any atom is 0.308 e. The molecule has 20 heavy (non-hydrogen) atoms. The van der Waals surface area contributed by atoms with E-state index in [9.17, 15) is 9.59 Å². The first-order chi connectivity index (χ1) is 9.65. The van der Waals surface area contributed by atoms with E-state index in [1.54, 1.807) is 23.1 Å². The number of rotatable bonds is 2. The lowest BCUT2D eigenvalue weighted by Gasteiger charge is -2.27. The van der Waals surface area contributed by atoms with Crippen LogP contribution in [-0.2, 0) is 11.3 Å². The number of nitrogens with zero attached hydrogens (tertiary/aromatic N) is 2. The molecule has 0 atom stereocenters. The first-order valence-electron chi connectivity index (χ1n) is 6.42. The Bertz CT molecular complexity index is 703. The molecular weight excluding hydrogens is 298 g/mol. The number of aromatic nitrogens is 1. The highest BCUT2D eigenvalue weighted by molar-refractivity contribution is 7.16. The minimum absolute atomic E-state index is 0.0109. The number of carbonyl (C=O) groups is 1. The molecule has 0 bridgehead atoms. The Morgan fingerprint density at radius 2 is 2.10 bits per heavy atom. The van der Waals surface area contributed by atoms with E-state index in [1.807, 2.05) is 0 Å². The number of thiazole rings is 1. The van der Waals surface area contributed by atoms with Crippen LogP contribution in [0.4, 0.5) is 0 Å². The van der Waals surface area contributed by atoms with Crippen molar-refractivity contribution in [1.29, 1.82) is 0 Å². The van der Waals surface area contributed by atoms with Crippen LogP contribution in [0.15, 0.2) is 23.0 Å². The van der Waals surface area contributed by atoms with Crippen molar-refractivity contribution < 1.29 is 4.79 Å². The predicted molar refractivity (Wildman–Crippen MR) is 80.5 cm³/mol. The zero-order valence-corrected chi connectivity index (χ0v) is 12.3. The van der Waals surface area contributed by atoms with Crippen molar-refractivity contribution in [1.82, 2.24) is 14.8 Å². The maximum absolute atomic E-state index is 12.2. The highest BCUT2D eigenvalue weighted by Gasteiger charge is 2.18. The third kappa shape index (κ3) is 2.59. The molecule has 1 saturated heterocycles. The number of hydrogen-bond acceptors (Lipinski definition) is 4. The molecule has 0 radical (unpaired) electrons. The van der Waals surface area contributed by atoms with Gasteiger partial charge in [-0.1, -0.05) is 22.9 Å². The standard InChI is InChI=1S/C13H14ClN3O2S/c14-9-1-2-10-11(7-9)20-13(19)17(10)8-12(18)16-5-3-15-4-6-16/h1-2,7,15H,3-6,8H2. The highest BCUT2D eigenvalue weighted by atomic mass is 35.5. The summed E-state index contributed by atoms with van der Waals surface area (Å²) in [6, 6.07) is 5.29. The molecule has 0 saturated carbocycles. The zero-order valence-electron chi connectivity index (χ0n) is 10.8. The van der Waals surface area contributed by atoms with Crippen molar-refractivity contribution in [2.24, 2.45) is 0 Å². The first kappa shape index (κ1) is 13.6. The van der Waals surface area contributed by atoms with Crippen LogP contribution in [-0.4, -0.2) is 41.6 Å². The van der Waals surface area contributed by atoms with Crippen LogP contribution in [0.5, 0.6) is 0 Å². The van der Waals surface area contributed by atoms with Crippen LogP contribution in [0.2, 0.25) is 5.02 Å². The summed E-state index contributed by atoms with van der Waals surface area (Å²) in [5.74, 6) is -0.0109. The Labute approximate surface area is 124 Å². The summed E-state index contributed by atoms with van der Waals surface area (Å²) >= 11 is 7.04.